The van der Waals surface area contributed by atoms with Crippen LogP contribution in [0.15, 0.2) is 48.2 Å². The van der Waals surface area contributed by atoms with Crippen molar-refractivity contribution in [3.8, 4) is 5.88 Å². The maximum atomic E-state index is 6.92. The van der Waals surface area contributed by atoms with E-state index in [0.29, 0.717) is 18.3 Å². The van der Waals surface area contributed by atoms with Gasteiger partial charge < -0.3 is 26.1 Å². The molecule has 0 spiro atoms. The molecule has 0 bridgehead atoms. The first-order valence-electron chi connectivity index (χ1n) is 13.2. The van der Waals surface area contributed by atoms with Crippen LogP contribution < -0.4 is 20.7 Å². The molecule has 0 fully saturated rings. The van der Waals surface area contributed by atoms with E-state index < -0.39 is 0 Å². The van der Waals surface area contributed by atoms with Gasteiger partial charge in [-0.2, -0.15) is 4.98 Å². The predicted octanol–water partition coefficient (Wildman–Crippen LogP) is 6.74. The third kappa shape index (κ3) is 12.3. The fraction of sp³-hybridized carbons (Fsp3) is 0.517. The molecule has 0 aliphatic heterocycles. The van der Waals surface area contributed by atoms with Crippen molar-refractivity contribution < 1.29 is 4.74 Å². The molecule has 6 nitrogen and oxygen atoms in total. The Bertz CT molecular complexity index is 875. The number of nitrogens with two attached hydrogens (primary N) is 1. The van der Waals surface area contributed by atoms with Gasteiger partial charge in [-0.25, -0.2) is 0 Å². The molecule has 0 saturated carbocycles. The van der Waals surface area contributed by atoms with Crippen LogP contribution in [0, 0.1) is 12.3 Å². The predicted molar refractivity (Wildman–Crippen MR) is 152 cm³/mol. The number of pyridine rings is 1. The van der Waals surface area contributed by atoms with E-state index in [1.807, 2.05) is 57.2 Å². The summed E-state index contributed by atoms with van der Waals surface area (Å²) in [5, 5.41) is 10.4. The molecule has 2 aromatic rings. The summed E-state index contributed by atoms with van der Waals surface area (Å²) < 4.78 is 5.82. The highest BCUT2D eigenvalue weighted by atomic mass is 16.5. The summed E-state index contributed by atoms with van der Waals surface area (Å²) in [5.74, 6) is 1.13. The van der Waals surface area contributed by atoms with Crippen LogP contribution >= 0.6 is 0 Å². The molecular weight excluding hydrogens is 434 g/mol. The highest BCUT2D eigenvalue weighted by Gasteiger charge is 2.09. The number of anilines is 2. The van der Waals surface area contributed by atoms with Crippen molar-refractivity contribution in [2.75, 3.05) is 36.9 Å². The van der Waals surface area contributed by atoms with Crippen LogP contribution in [-0.2, 0) is 0 Å². The van der Waals surface area contributed by atoms with Crippen LogP contribution in [-0.4, -0.2) is 37.4 Å². The molecule has 0 unspecified atom stereocenters. The van der Waals surface area contributed by atoms with Crippen LogP contribution in [0.4, 0.5) is 11.5 Å². The summed E-state index contributed by atoms with van der Waals surface area (Å²) in [5.41, 5.74) is 10.6. The van der Waals surface area contributed by atoms with Crippen molar-refractivity contribution in [1.82, 2.24) is 10.3 Å². The first-order chi connectivity index (χ1) is 17.0. The molecule has 35 heavy (non-hydrogen) atoms. The topological polar surface area (TPSA) is 87.3 Å². The van der Waals surface area contributed by atoms with Crippen LogP contribution in [0.1, 0.15) is 77.3 Å². The zero-order chi connectivity index (χ0) is 25.9. The van der Waals surface area contributed by atoms with Crippen molar-refractivity contribution in [3.05, 3.63) is 59.3 Å². The maximum Gasteiger partial charge on any atom is 0.217 e. The van der Waals surface area contributed by atoms with Gasteiger partial charge in [-0.1, -0.05) is 63.6 Å². The van der Waals surface area contributed by atoms with Gasteiger partial charge in [0.15, 0.2) is 0 Å². The third-order valence-corrected chi connectivity index (χ3v) is 5.36. The summed E-state index contributed by atoms with van der Waals surface area (Å²) in [6.45, 7) is 13.8. The third-order valence-electron chi connectivity index (χ3n) is 5.36. The Morgan fingerprint density at radius 1 is 1.11 bits per heavy atom. The van der Waals surface area contributed by atoms with Gasteiger partial charge in [0.2, 0.25) is 5.88 Å². The van der Waals surface area contributed by atoms with Crippen molar-refractivity contribution in [3.63, 3.8) is 0 Å². The number of benzene rings is 1. The summed E-state index contributed by atoms with van der Waals surface area (Å²) in [6, 6.07) is 11.8. The first-order valence-corrected chi connectivity index (χ1v) is 13.2. The number of allylic oxidation sites excluding steroid dienone is 2. The van der Waals surface area contributed by atoms with E-state index in [1.54, 1.807) is 0 Å². The number of aryl methyl sites for hydroxylation is 1. The molecule has 1 aromatic carbocycles. The van der Waals surface area contributed by atoms with Gasteiger partial charge >= 0.3 is 0 Å². The molecule has 6 heteroatoms. The smallest absolute Gasteiger partial charge is 0.217 e. The van der Waals surface area contributed by atoms with E-state index in [0.717, 1.165) is 50.1 Å². The van der Waals surface area contributed by atoms with Crippen molar-refractivity contribution in [2.24, 2.45) is 0 Å². The molecule has 0 atom stereocenters. The Balaban J connectivity index is 0.000000464. The minimum absolute atomic E-state index is 0.516. The van der Waals surface area contributed by atoms with E-state index in [2.05, 4.69) is 35.1 Å². The number of ether oxygens (including phenoxy) is 1. The van der Waals surface area contributed by atoms with E-state index in [4.69, 9.17) is 15.9 Å². The number of nitrogens with zero attached hydrogens (tertiary/aromatic N) is 2. The quantitative estimate of drug-likeness (QED) is 0.244. The van der Waals surface area contributed by atoms with Gasteiger partial charge in [0.05, 0.1) is 0 Å². The highest BCUT2D eigenvalue weighted by Crippen LogP contribution is 2.23. The average molecular weight is 482 g/mol. The zero-order valence-corrected chi connectivity index (χ0v) is 22.6. The lowest BCUT2D eigenvalue weighted by atomic mass is 10.1. The summed E-state index contributed by atoms with van der Waals surface area (Å²) in [7, 11) is 0. The van der Waals surface area contributed by atoms with Crippen LogP contribution in [0.3, 0.4) is 0 Å². The Morgan fingerprint density at radius 2 is 1.86 bits per heavy atom. The summed E-state index contributed by atoms with van der Waals surface area (Å²) in [4.78, 5) is 6.65. The lowest BCUT2D eigenvalue weighted by molar-refractivity contribution is 0.306. The molecule has 0 amide bonds. The largest absolute Gasteiger partial charge is 0.476 e. The SMILES string of the molecule is CC.CCCN(CCC)c1cc(N)nc(OCCNC2=CCCCC2)c1.Cc1cccc(C=N)c1. The van der Waals surface area contributed by atoms with Gasteiger partial charge in [-0.3, -0.25) is 0 Å². The normalized spacial score (nSPS) is 12.2. The van der Waals surface area contributed by atoms with Crippen molar-refractivity contribution >= 4 is 17.7 Å². The number of nitrogen functional groups attached to an aromatic ring is 1. The van der Waals surface area contributed by atoms with Gasteiger partial charge in [0, 0.05) is 49.4 Å². The minimum Gasteiger partial charge on any atom is -0.476 e. The molecule has 1 aliphatic carbocycles. The number of aromatic nitrogens is 1. The molecule has 1 aromatic heterocycles. The molecule has 0 saturated heterocycles. The molecule has 3 rings (SSSR count). The van der Waals surface area contributed by atoms with Crippen molar-refractivity contribution in [1.29, 1.82) is 5.41 Å². The lowest BCUT2D eigenvalue weighted by Gasteiger charge is -2.24. The summed E-state index contributed by atoms with van der Waals surface area (Å²) in [6.07, 6.45) is 10.8. The second kappa shape index (κ2) is 18.3. The zero-order valence-electron chi connectivity index (χ0n) is 22.6. The van der Waals surface area contributed by atoms with Crippen LogP contribution in [0.25, 0.3) is 0 Å². The highest BCUT2D eigenvalue weighted by molar-refractivity contribution is 5.76. The second-order valence-corrected chi connectivity index (χ2v) is 8.38. The van der Waals surface area contributed by atoms with Gasteiger partial charge in [0.25, 0.3) is 0 Å². The van der Waals surface area contributed by atoms with Gasteiger partial charge in [0.1, 0.15) is 12.4 Å². The Hall–Kier alpha value is -3.02. The van der Waals surface area contributed by atoms with Gasteiger partial charge in [-0.15, -0.1) is 0 Å². The lowest BCUT2D eigenvalue weighted by Crippen LogP contribution is -2.25. The Kier molecular flexibility index (Phi) is 15.7. The number of rotatable bonds is 11. The Morgan fingerprint density at radius 3 is 2.43 bits per heavy atom. The maximum absolute atomic E-state index is 6.92. The molecule has 0 radical (unpaired) electrons. The Labute approximate surface area is 213 Å². The van der Waals surface area contributed by atoms with E-state index in [9.17, 15) is 0 Å². The van der Waals surface area contributed by atoms with Gasteiger partial charge in [-0.05, 0) is 51.0 Å². The number of hydrogen-bond acceptors (Lipinski definition) is 6. The minimum atomic E-state index is 0.516. The number of hydrogen-bond donors (Lipinski definition) is 3. The first kappa shape index (κ1) is 30.0. The second-order valence-electron chi connectivity index (χ2n) is 8.38. The summed E-state index contributed by atoms with van der Waals surface area (Å²) >= 11 is 0. The number of nitrogens with one attached hydrogen (secondary N) is 2. The van der Waals surface area contributed by atoms with E-state index in [1.165, 1.54) is 36.7 Å². The molecular formula is C29H47N5O. The van der Waals surface area contributed by atoms with Crippen molar-refractivity contribution in [2.45, 2.75) is 73.1 Å². The van der Waals surface area contributed by atoms with Crippen LogP contribution in [0.2, 0.25) is 0 Å². The fourth-order valence-corrected chi connectivity index (χ4v) is 3.80. The van der Waals surface area contributed by atoms with E-state index in [-0.39, 0.29) is 0 Å². The van der Waals surface area contributed by atoms with Crippen LogP contribution in [0.5, 0.6) is 5.88 Å². The molecule has 4 N–H and O–H groups in total. The molecule has 1 heterocycles. The fourth-order valence-electron chi connectivity index (χ4n) is 3.80. The van der Waals surface area contributed by atoms with E-state index >= 15 is 0 Å². The monoisotopic (exact) mass is 481 g/mol. The average Bonchev–Trinajstić information content (AvgIpc) is 2.88. The molecule has 194 valence electrons. The standard InChI is InChI=1S/C19H32N4O.C8H9N.C2H6/c1-3-11-23(12-4-2)17-14-18(20)22-19(15-17)24-13-10-21-16-8-6-5-7-9-16;1-7-3-2-4-8(5-7)6-9;1-2/h8,14-15,21H,3-7,9-13H2,1-2H3,(H2,20,22);2-6,9H,1H3;1-2H3. The molecule has 1 aliphatic rings.